The van der Waals surface area contributed by atoms with Crippen molar-refractivity contribution in [2.45, 2.75) is 26.7 Å². The van der Waals surface area contributed by atoms with Gasteiger partial charge in [0.2, 0.25) is 0 Å². The summed E-state index contributed by atoms with van der Waals surface area (Å²) in [6, 6.07) is 6.81. The van der Waals surface area contributed by atoms with E-state index in [0.717, 1.165) is 12.8 Å². The average molecular weight is 193 g/mol. The topological polar surface area (TPSA) is 43.1 Å². The molecule has 1 aromatic rings. The van der Waals surface area contributed by atoms with Crippen LogP contribution < -0.4 is 0 Å². The number of rotatable bonds is 4. The van der Waals surface area contributed by atoms with Crippen molar-refractivity contribution >= 4 is 5.69 Å². The van der Waals surface area contributed by atoms with Gasteiger partial charge in [-0.2, -0.15) is 0 Å². The Morgan fingerprint density at radius 3 is 2.36 bits per heavy atom. The summed E-state index contributed by atoms with van der Waals surface area (Å²) in [5.41, 5.74) is 1.34. The Labute approximate surface area is 83.9 Å². The number of hydrogen-bond acceptors (Lipinski definition) is 2. The molecule has 0 radical (unpaired) electrons. The summed E-state index contributed by atoms with van der Waals surface area (Å²) in [7, 11) is 0. The third-order valence-electron chi connectivity index (χ3n) is 2.43. The van der Waals surface area contributed by atoms with Crippen LogP contribution in [0.2, 0.25) is 0 Å². The molecule has 1 rings (SSSR count). The van der Waals surface area contributed by atoms with Crippen LogP contribution in [-0.2, 0) is 6.42 Å². The van der Waals surface area contributed by atoms with E-state index in [0.29, 0.717) is 5.92 Å². The van der Waals surface area contributed by atoms with Crippen molar-refractivity contribution in [1.29, 1.82) is 0 Å². The van der Waals surface area contributed by atoms with Crippen molar-refractivity contribution in [2.75, 3.05) is 0 Å². The molecule has 0 unspecified atom stereocenters. The molecule has 3 heteroatoms. The van der Waals surface area contributed by atoms with Gasteiger partial charge in [-0.1, -0.05) is 32.4 Å². The van der Waals surface area contributed by atoms with E-state index in [4.69, 9.17) is 0 Å². The molecule has 0 aliphatic carbocycles. The largest absolute Gasteiger partial charge is 0.269 e. The van der Waals surface area contributed by atoms with E-state index < -0.39 is 0 Å². The second-order valence-electron chi connectivity index (χ2n) is 3.64. The lowest BCUT2D eigenvalue weighted by Gasteiger charge is -2.07. The third kappa shape index (κ3) is 2.83. The quantitative estimate of drug-likeness (QED) is 0.544. The SMILES string of the molecule is CC[C@@H](C)Cc1ccc([N+](=O)[O-])cc1. The van der Waals surface area contributed by atoms with Crippen molar-refractivity contribution in [3.05, 3.63) is 39.9 Å². The van der Waals surface area contributed by atoms with Crippen LogP contribution in [0.15, 0.2) is 24.3 Å². The Morgan fingerprint density at radius 1 is 1.36 bits per heavy atom. The lowest BCUT2D eigenvalue weighted by molar-refractivity contribution is -0.384. The standard InChI is InChI=1S/C11H15NO2/c1-3-9(2)8-10-4-6-11(7-5-10)12(13)14/h4-7,9H,3,8H2,1-2H3/t9-/m1/s1. The van der Waals surface area contributed by atoms with E-state index in [9.17, 15) is 10.1 Å². The Hall–Kier alpha value is -1.38. The van der Waals surface area contributed by atoms with Gasteiger partial charge >= 0.3 is 0 Å². The van der Waals surface area contributed by atoms with Crippen molar-refractivity contribution in [1.82, 2.24) is 0 Å². The first-order valence-electron chi connectivity index (χ1n) is 4.86. The molecule has 0 saturated carbocycles. The van der Waals surface area contributed by atoms with Gasteiger partial charge < -0.3 is 0 Å². The van der Waals surface area contributed by atoms with Crippen LogP contribution in [0, 0.1) is 16.0 Å². The van der Waals surface area contributed by atoms with Crippen LogP contribution in [0.5, 0.6) is 0 Å². The minimum absolute atomic E-state index is 0.165. The van der Waals surface area contributed by atoms with Gasteiger partial charge in [-0.05, 0) is 17.9 Å². The molecule has 0 saturated heterocycles. The number of hydrogen-bond donors (Lipinski definition) is 0. The molecule has 0 aliphatic rings. The summed E-state index contributed by atoms with van der Waals surface area (Å²) < 4.78 is 0. The highest BCUT2D eigenvalue weighted by Gasteiger charge is 2.05. The molecule has 0 fully saturated rings. The zero-order chi connectivity index (χ0) is 10.6. The predicted molar refractivity (Wildman–Crippen MR) is 56.3 cm³/mol. The lowest BCUT2D eigenvalue weighted by Crippen LogP contribution is -1.97. The first-order chi connectivity index (χ1) is 6.63. The Bertz CT molecular complexity index is 306. The second-order valence-corrected chi connectivity index (χ2v) is 3.64. The van der Waals surface area contributed by atoms with E-state index >= 15 is 0 Å². The molecule has 14 heavy (non-hydrogen) atoms. The van der Waals surface area contributed by atoms with Gasteiger partial charge in [-0.15, -0.1) is 0 Å². The van der Waals surface area contributed by atoms with Gasteiger partial charge in [0.15, 0.2) is 0 Å². The van der Waals surface area contributed by atoms with E-state index in [2.05, 4.69) is 13.8 Å². The maximum Gasteiger partial charge on any atom is 0.269 e. The maximum atomic E-state index is 10.4. The molecular formula is C11H15NO2. The molecule has 0 aromatic heterocycles. The summed E-state index contributed by atoms with van der Waals surface area (Å²) in [5, 5.41) is 10.4. The molecule has 3 nitrogen and oxygen atoms in total. The molecule has 0 N–H and O–H groups in total. The van der Waals surface area contributed by atoms with Gasteiger partial charge in [-0.25, -0.2) is 0 Å². The smallest absolute Gasteiger partial charge is 0.258 e. The van der Waals surface area contributed by atoms with Gasteiger partial charge in [0.05, 0.1) is 4.92 Å². The molecular weight excluding hydrogens is 178 g/mol. The molecule has 0 amide bonds. The van der Waals surface area contributed by atoms with Crippen LogP contribution in [-0.4, -0.2) is 4.92 Å². The molecule has 1 atom stereocenters. The van der Waals surface area contributed by atoms with Gasteiger partial charge in [0.25, 0.3) is 5.69 Å². The van der Waals surface area contributed by atoms with Gasteiger partial charge in [0, 0.05) is 12.1 Å². The van der Waals surface area contributed by atoms with Crippen LogP contribution in [0.1, 0.15) is 25.8 Å². The molecule has 0 bridgehead atoms. The zero-order valence-electron chi connectivity index (χ0n) is 8.56. The fourth-order valence-corrected chi connectivity index (χ4v) is 1.30. The number of non-ortho nitro benzene ring substituents is 1. The summed E-state index contributed by atoms with van der Waals surface area (Å²) in [5.74, 6) is 0.636. The van der Waals surface area contributed by atoms with Gasteiger partial charge in [0.1, 0.15) is 0 Å². The van der Waals surface area contributed by atoms with Crippen molar-refractivity contribution in [3.8, 4) is 0 Å². The lowest BCUT2D eigenvalue weighted by atomic mass is 9.99. The van der Waals surface area contributed by atoms with Crippen LogP contribution >= 0.6 is 0 Å². The van der Waals surface area contributed by atoms with Crippen molar-refractivity contribution < 1.29 is 4.92 Å². The third-order valence-corrected chi connectivity index (χ3v) is 2.43. The van der Waals surface area contributed by atoms with Crippen molar-refractivity contribution in [2.24, 2.45) is 5.92 Å². The normalized spacial score (nSPS) is 12.4. The minimum atomic E-state index is -0.368. The molecule has 0 spiro atoms. The summed E-state index contributed by atoms with van der Waals surface area (Å²) in [6.07, 6.45) is 2.13. The second kappa shape index (κ2) is 4.74. The van der Waals surface area contributed by atoms with Gasteiger partial charge in [-0.3, -0.25) is 10.1 Å². The molecule has 0 heterocycles. The van der Waals surface area contributed by atoms with Crippen molar-refractivity contribution in [3.63, 3.8) is 0 Å². The van der Waals surface area contributed by atoms with E-state index in [1.165, 1.54) is 5.56 Å². The number of benzene rings is 1. The highest BCUT2D eigenvalue weighted by Crippen LogP contribution is 2.15. The Morgan fingerprint density at radius 2 is 1.93 bits per heavy atom. The summed E-state index contributed by atoms with van der Waals surface area (Å²) >= 11 is 0. The highest BCUT2D eigenvalue weighted by molar-refractivity contribution is 5.32. The monoisotopic (exact) mass is 193 g/mol. The molecule has 0 aliphatic heterocycles. The summed E-state index contributed by atoms with van der Waals surface area (Å²) in [4.78, 5) is 10.0. The van der Waals surface area contributed by atoms with E-state index in [1.54, 1.807) is 12.1 Å². The van der Waals surface area contributed by atoms with E-state index in [1.807, 2.05) is 12.1 Å². The Balaban J connectivity index is 2.68. The van der Waals surface area contributed by atoms with Crippen LogP contribution in [0.4, 0.5) is 5.69 Å². The first-order valence-corrected chi connectivity index (χ1v) is 4.86. The summed E-state index contributed by atoms with van der Waals surface area (Å²) in [6.45, 7) is 4.33. The number of nitro benzene ring substituents is 1. The van der Waals surface area contributed by atoms with Crippen LogP contribution in [0.25, 0.3) is 0 Å². The maximum absolute atomic E-state index is 10.4. The Kier molecular flexibility index (Phi) is 3.63. The highest BCUT2D eigenvalue weighted by atomic mass is 16.6. The zero-order valence-corrected chi connectivity index (χ0v) is 8.56. The fourth-order valence-electron chi connectivity index (χ4n) is 1.30. The average Bonchev–Trinajstić information content (AvgIpc) is 2.18. The number of nitrogens with zero attached hydrogens (tertiary/aromatic N) is 1. The minimum Gasteiger partial charge on any atom is -0.258 e. The predicted octanol–water partition coefficient (Wildman–Crippen LogP) is 3.18. The van der Waals surface area contributed by atoms with E-state index in [-0.39, 0.29) is 10.6 Å². The fraction of sp³-hybridized carbons (Fsp3) is 0.455. The number of nitro groups is 1. The molecule has 1 aromatic carbocycles. The first kappa shape index (κ1) is 10.7. The van der Waals surface area contributed by atoms with Crippen LogP contribution in [0.3, 0.4) is 0 Å². The molecule has 76 valence electrons.